The van der Waals surface area contributed by atoms with Gasteiger partial charge in [0.25, 0.3) is 5.91 Å². The molecule has 134 valence electrons. The third-order valence-corrected chi connectivity index (χ3v) is 6.76. The Kier molecular flexibility index (Phi) is 4.16. The molecule has 0 saturated carbocycles. The van der Waals surface area contributed by atoms with Gasteiger partial charge < -0.3 is 9.42 Å². The van der Waals surface area contributed by atoms with Gasteiger partial charge in [0, 0.05) is 26.6 Å². The molecule has 0 bridgehead atoms. The first kappa shape index (κ1) is 16.7. The van der Waals surface area contributed by atoms with Crippen LogP contribution in [0.25, 0.3) is 0 Å². The maximum atomic E-state index is 12.7. The summed E-state index contributed by atoms with van der Waals surface area (Å²) in [6.45, 7) is 6.55. The highest BCUT2D eigenvalue weighted by Gasteiger charge is 2.46. The van der Waals surface area contributed by atoms with Gasteiger partial charge in [-0.1, -0.05) is 5.16 Å². The molecule has 0 N–H and O–H groups in total. The van der Waals surface area contributed by atoms with Gasteiger partial charge in [-0.05, 0) is 55.7 Å². The van der Waals surface area contributed by atoms with Crippen molar-refractivity contribution in [3.05, 3.63) is 33.6 Å². The average molecular weight is 360 g/mol. The number of nitrogens with zero attached hydrogens (tertiary/aromatic N) is 4. The van der Waals surface area contributed by atoms with Crippen molar-refractivity contribution < 1.29 is 9.32 Å². The van der Waals surface area contributed by atoms with E-state index in [1.807, 2.05) is 30.2 Å². The minimum atomic E-state index is 0.194. The highest BCUT2D eigenvalue weighted by molar-refractivity contribution is 7.12. The molecule has 25 heavy (non-hydrogen) atoms. The maximum Gasteiger partial charge on any atom is 0.264 e. The molecule has 1 amide bonds. The predicted octanol–water partition coefficient (Wildman–Crippen LogP) is 3.05. The SMILES string of the molecule is Cc1nc(C2CC3(CCN(C(=O)c4sccc4C)CC3)CN2C)no1. The Bertz CT molecular complexity index is 776. The van der Waals surface area contributed by atoms with Crippen LogP contribution in [0.5, 0.6) is 0 Å². The highest BCUT2D eigenvalue weighted by Crippen LogP contribution is 2.47. The Balaban J connectivity index is 1.43. The smallest absolute Gasteiger partial charge is 0.264 e. The van der Waals surface area contributed by atoms with E-state index in [1.54, 1.807) is 11.3 Å². The number of likely N-dealkylation sites (tertiary alicyclic amines) is 2. The van der Waals surface area contributed by atoms with Crippen LogP contribution >= 0.6 is 11.3 Å². The zero-order chi connectivity index (χ0) is 17.6. The third-order valence-electron chi connectivity index (χ3n) is 5.75. The second-order valence-corrected chi connectivity index (χ2v) is 8.45. The molecule has 1 atom stereocenters. The number of piperidine rings is 1. The monoisotopic (exact) mass is 360 g/mol. The minimum Gasteiger partial charge on any atom is -0.340 e. The van der Waals surface area contributed by atoms with E-state index in [-0.39, 0.29) is 17.4 Å². The van der Waals surface area contributed by atoms with Crippen molar-refractivity contribution in [2.24, 2.45) is 5.41 Å². The maximum absolute atomic E-state index is 12.7. The fraction of sp³-hybridized carbons (Fsp3) is 0.611. The molecule has 2 aromatic rings. The van der Waals surface area contributed by atoms with Gasteiger partial charge in [0.05, 0.1) is 10.9 Å². The highest BCUT2D eigenvalue weighted by atomic mass is 32.1. The summed E-state index contributed by atoms with van der Waals surface area (Å²) in [6, 6.07) is 2.24. The molecule has 1 unspecified atom stereocenters. The van der Waals surface area contributed by atoms with Gasteiger partial charge in [0.1, 0.15) is 0 Å². The summed E-state index contributed by atoms with van der Waals surface area (Å²) >= 11 is 1.55. The second-order valence-electron chi connectivity index (χ2n) is 7.53. The number of thiophene rings is 1. The Hall–Kier alpha value is -1.73. The van der Waals surface area contributed by atoms with Gasteiger partial charge in [-0.2, -0.15) is 4.98 Å². The lowest BCUT2D eigenvalue weighted by Crippen LogP contribution is -2.44. The van der Waals surface area contributed by atoms with E-state index < -0.39 is 0 Å². The first-order chi connectivity index (χ1) is 12.0. The van der Waals surface area contributed by atoms with Crippen LogP contribution in [-0.4, -0.2) is 52.5 Å². The van der Waals surface area contributed by atoms with E-state index in [4.69, 9.17) is 4.52 Å². The number of hydrogen-bond donors (Lipinski definition) is 0. The van der Waals surface area contributed by atoms with Gasteiger partial charge in [0.2, 0.25) is 5.89 Å². The van der Waals surface area contributed by atoms with Crippen molar-refractivity contribution >= 4 is 17.2 Å². The number of aromatic nitrogens is 2. The molecule has 7 heteroatoms. The first-order valence-corrected chi connectivity index (χ1v) is 9.69. The van der Waals surface area contributed by atoms with Crippen LogP contribution in [0.15, 0.2) is 16.0 Å². The number of hydrogen-bond acceptors (Lipinski definition) is 6. The van der Waals surface area contributed by atoms with Crippen molar-refractivity contribution in [2.75, 3.05) is 26.7 Å². The number of carbonyl (C=O) groups is 1. The molecule has 1 spiro atoms. The molecule has 0 aromatic carbocycles. The third kappa shape index (κ3) is 3.00. The molecule has 4 rings (SSSR count). The summed E-state index contributed by atoms with van der Waals surface area (Å²) in [5.41, 5.74) is 1.35. The Labute approximate surface area is 151 Å². The minimum absolute atomic E-state index is 0.194. The largest absolute Gasteiger partial charge is 0.340 e. The fourth-order valence-corrected chi connectivity index (χ4v) is 5.18. The fourth-order valence-electron chi connectivity index (χ4n) is 4.29. The Morgan fingerprint density at radius 2 is 2.12 bits per heavy atom. The number of aryl methyl sites for hydroxylation is 2. The van der Waals surface area contributed by atoms with Gasteiger partial charge in [-0.15, -0.1) is 11.3 Å². The molecule has 0 aliphatic carbocycles. The molecule has 6 nitrogen and oxygen atoms in total. The molecule has 2 aromatic heterocycles. The first-order valence-electron chi connectivity index (χ1n) is 8.81. The summed E-state index contributed by atoms with van der Waals surface area (Å²) in [6.07, 6.45) is 3.13. The van der Waals surface area contributed by atoms with Gasteiger partial charge in [-0.3, -0.25) is 9.69 Å². The molecule has 2 fully saturated rings. The summed E-state index contributed by atoms with van der Waals surface area (Å²) in [5.74, 6) is 1.61. The normalized spacial score (nSPS) is 23.5. The topological polar surface area (TPSA) is 62.5 Å². The van der Waals surface area contributed by atoms with Crippen LogP contribution in [0.4, 0.5) is 0 Å². The van der Waals surface area contributed by atoms with E-state index >= 15 is 0 Å². The number of rotatable bonds is 2. The van der Waals surface area contributed by atoms with Crippen LogP contribution in [0.2, 0.25) is 0 Å². The zero-order valence-electron chi connectivity index (χ0n) is 15.0. The van der Waals surface area contributed by atoms with Crippen molar-refractivity contribution in [3.8, 4) is 0 Å². The lowest BCUT2D eigenvalue weighted by Gasteiger charge is -2.39. The van der Waals surface area contributed by atoms with Gasteiger partial charge in [0.15, 0.2) is 5.82 Å². The quantitative estimate of drug-likeness (QED) is 0.824. The van der Waals surface area contributed by atoms with Crippen molar-refractivity contribution in [1.29, 1.82) is 0 Å². The van der Waals surface area contributed by atoms with Crippen LogP contribution in [-0.2, 0) is 0 Å². The van der Waals surface area contributed by atoms with Gasteiger partial charge >= 0.3 is 0 Å². The van der Waals surface area contributed by atoms with Crippen LogP contribution in [0, 0.1) is 19.3 Å². The van der Waals surface area contributed by atoms with Crippen molar-refractivity contribution in [3.63, 3.8) is 0 Å². The molecular formula is C18H24N4O2S. The summed E-state index contributed by atoms with van der Waals surface area (Å²) < 4.78 is 5.16. The molecule has 0 radical (unpaired) electrons. The lowest BCUT2D eigenvalue weighted by atomic mass is 9.76. The Morgan fingerprint density at radius 3 is 2.72 bits per heavy atom. The molecule has 2 aliphatic heterocycles. The van der Waals surface area contributed by atoms with Crippen LogP contribution < -0.4 is 0 Å². The van der Waals surface area contributed by atoms with E-state index in [9.17, 15) is 4.79 Å². The van der Waals surface area contributed by atoms with E-state index in [0.29, 0.717) is 5.89 Å². The number of amides is 1. The van der Waals surface area contributed by atoms with Crippen LogP contribution in [0.1, 0.15) is 52.3 Å². The predicted molar refractivity (Wildman–Crippen MR) is 95.6 cm³/mol. The average Bonchev–Trinajstić information content (AvgIpc) is 3.28. The molecular weight excluding hydrogens is 336 g/mol. The zero-order valence-corrected chi connectivity index (χ0v) is 15.8. The number of carbonyl (C=O) groups excluding carboxylic acids is 1. The molecule has 4 heterocycles. The van der Waals surface area contributed by atoms with E-state index in [2.05, 4.69) is 22.1 Å². The van der Waals surface area contributed by atoms with Crippen LogP contribution in [0.3, 0.4) is 0 Å². The van der Waals surface area contributed by atoms with E-state index in [1.165, 1.54) is 0 Å². The van der Waals surface area contributed by atoms with Crippen molar-refractivity contribution in [2.45, 2.75) is 39.2 Å². The van der Waals surface area contributed by atoms with E-state index in [0.717, 1.165) is 55.2 Å². The Morgan fingerprint density at radius 1 is 1.36 bits per heavy atom. The summed E-state index contributed by atoms with van der Waals surface area (Å²) in [7, 11) is 2.14. The van der Waals surface area contributed by atoms with Gasteiger partial charge in [-0.25, -0.2) is 0 Å². The summed E-state index contributed by atoms with van der Waals surface area (Å²) in [5, 5.41) is 6.12. The second kappa shape index (κ2) is 6.21. The standard InChI is InChI=1S/C18H24N4O2S/c1-12-4-9-25-15(12)17(23)22-7-5-18(6-8-22)10-14(21(3)11-18)16-19-13(2)24-20-16/h4,9,14H,5-8,10-11H2,1-3H3. The lowest BCUT2D eigenvalue weighted by molar-refractivity contribution is 0.0597. The molecule has 2 saturated heterocycles. The summed E-state index contributed by atoms with van der Waals surface area (Å²) in [4.78, 5) is 22.4. The molecule has 2 aliphatic rings. The van der Waals surface area contributed by atoms with Crippen molar-refractivity contribution in [1.82, 2.24) is 19.9 Å².